The van der Waals surface area contributed by atoms with Crippen molar-refractivity contribution in [3.05, 3.63) is 0 Å². The number of nitrogens with one attached hydrogen (secondary N) is 1. The number of carbonyl (C=O) groups excluding carboxylic acids is 1. The van der Waals surface area contributed by atoms with E-state index in [0.717, 1.165) is 38.8 Å². The van der Waals surface area contributed by atoms with Gasteiger partial charge in [-0.25, -0.2) is 0 Å². The third-order valence-corrected chi connectivity index (χ3v) is 4.20. The molecule has 2 rings (SSSR count). The third kappa shape index (κ3) is 3.68. The lowest BCUT2D eigenvalue weighted by Gasteiger charge is -2.30. The maximum atomic E-state index is 11.9. The summed E-state index contributed by atoms with van der Waals surface area (Å²) in [6, 6.07) is 0.365. The first kappa shape index (κ1) is 12.8. The molecule has 0 unspecified atom stereocenters. The summed E-state index contributed by atoms with van der Waals surface area (Å²) in [6.07, 6.45) is 7.02. The molecular weight excluding hydrogens is 214 g/mol. The Morgan fingerprint density at radius 1 is 1.35 bits per heavy atom. The minimum Gasteiger partial charge on any atom is -0.353 e. The zero-order valence-electron chi connectivity index (χ0n) is 10.9. The van der Waals surface area contributed by atoms with E-state index in [2.05, 4.69) is 17.3 Å². The molecule has 0 atom stereocenters. The van der Waals surface area contributed by atoms with Crippen molar-refractivity contribution in [2.75, 3.05) is 20.1 Å². The van der Waals surface area contributed by atoms with Crippen molar-refractivity contribution in [1.82, 2.24) is 10.2 Å². The molecule has 0 bridgehead atoms. The fourth-order valence-corrected chi connectivity index (χ4v) is 3.01. The average Bonchev–Trinajstić information content (AvgIpc) is 2.68. The second-order valence-electron chi connectivity index (χ2n) is 5.89. The van der Waals surface area contributed by atoms with Crippen LogP contribution in [0, 0.1) is 0 Å². The quantitative estimate of drug-likeness (QED) is 0.768. The summed E-state index contributed by atoms with van der Waals surface area (Å²) < 4.78 is 0. The van der Waals surface area contributed by atoms with Gasteiger partial charge in [0, 0.05) is 18.0 Å². The lowest BCUT2D eigenvalue weighted by atomic mass is 9.94. The number of carbonyl (C=O) groups is 1. The Bertz CT molecular complexity index is 266. The predicted molar refractivity (Wildman–Crippen MR) is 68.7 cm³/mol. The van der Waals surface area contributed by atoms with Crippen molar-refractivity contribution >= 4 is 5.91 Å². The summed E-state index contributed by atoms with van der Waals surface area (Å²) in [6.45, 7) is 2.16. The molecule has 0 aromatic rings. The first-order chi connectivity index (χ1) is 8.07. The molecule has 1 amide bonds. The number of rotatable bonds is 3. The highest BCUT2D eigenvalue weighted by molar-refractivity contribution is 5.77. The van der Waals surface area contributed by atoms with Crippen LogP contribution >= 0.6 is 0 Å². The van der Waals surface area contributed by atoms with E-state index in [1.54, 1.807) is 0 Å². The lowest BCUT2D eigenvalue weighted by molar-refractivity contribution is -0.123. The highest BCUT2D eigenvalue weighted by atomic mass is 16.1. The Kier molecular flexibility index (Phi) is 4.05. The summed E-state index contributed by atoms with van der Waals surface area (Å²) in [5, 5.41) is 3.15. The Morgan fingerprint density at radius 3 is 2.53 bits per heavy atom. The van der Waals surface area contributed by atoms with Crippen LogP contribution in [0.5, 0.6) is 0 Å². The number of likely N-dealkylation sites (tertiary alicyclic amines) is 1. The van der Waals surface area contributed by atoms with Gasteiger partial charge >= 0.3 is 0 Å². The Morgan fingerprint density at radius 2 is 1.94 bits per heavy atom. The molecule has 17 heavy (non-hydrogen) atoms. The van der Waals surface area contributed by atoms with Crippen molar-refractivity contribution in [3.8, 4) is 0 Å². The number of amides is 1. The molecule has 3 N–H and O–H groups in total. The molecule has 2 fully saturated rings. The van der Waals surface area contributed by atoms with Gasteiger partial charge in [-0.1, -0.05) is 12.8 Å². The monoisotopic (exact) mass is 239 g/mol. The molecule has 1 saturated heterocycles. The SMILES string of the molecule is CN1CCC(NC(=O)CC2(N)CCCC2)CC1. The normalized spacial score (nSPS) is 26.0. The summed E-state index contributed by atoms with van der Waals surface area (Å²) >= 11 is 0. The fourth-order valence-electron chi connectivity index (χ4n) is 3.01. The highest BCUT2D eigenvalue weighted by Gasteiger charge is 2.32. The van der Waals surface area contributed by atoms with Gasteiger partial charge in [-0.2, -0.15) is 0 Å². The summed E-state index contributed by atoms with van der Waals surface area (Å²) in [4.78, 5) is 14.3. The van der Waals surface area contributed by atoms with Crippen molar-refractivity contribution in [3.63, 3.8) is 0 Å². The van der Waals surface area contributed by atoms with Crippen molar-refractivity contribution in [2.45, 2.75) is 56.5 Å². The molecule has 98 valence electrons. The molecule has 0 aromatic heterocycles. The number of piperidine rings is 1. The van der Waals surface area contributed by atoms with Crippen molar-refractivity contribution in [1.29, 1.82) is 0 Å². The maximum Gasteiger partial charge on any atom is 0.222 e. The van der Waals surface area contributed by atoms with E-state index in [-0.39, 0.29) is 11.4 Å². The van der Waals surface area contributed by atoms with Gasteiger partial charge in [0.05, 0.1) is 0 Å². The fraction of sp³-hybridized carbons (Fsp3) is 0.923. The molecular formula is C13H25N3O. The Hall–Kier alpha value is -0.610. The first-order valence-corrected chi connectivity index (χ1v) is 6.84. The van der Waals surface area contributed by atoms with E-state index in [1.165, 1.54) is 12.8 Å². The van der Waals surface area contributed by atoms with Gasteiger partial charge < -0.3 is 16.0 Å². The zero-order valence-corrected chi connectivity index (χ0v) is 10.9. The smallest absolute Gasteiger partial charge is 0.222 e. The van der Waals surface area contributed by atoms with Crippen LogP contribution in [0.2, 0.25) is 0 Å². The minimum absolute atomic E-state index is 0.156. The summed E-state index contributed by atoms with van der Waals surface area (Å²) in [5.74, 6) is 0.156. The van der Waals surface area contributed by atoms with Crippen LogP contribution in [0.15, 0.2) is 0 Å². The highest BCUT2D eigenvalue weighted by Crippen LogP contribution is 2.29. The van der Waals surface area contributed by atoms with Gasteiger partial charge in [-0.15, -0.1) is 0 Å². The topological polar surface area (TPSA) is 58.4 Å². The molecule has 1 heterocycles. The van der Waals surface area contributed by atoms with Crippen LogP contribution in [0.25, 0.3) is 0 Å². The van der Waals surface area contributed by atoms with E-state index in [4.69, 9.17) is 5.73 Å². The molecule has 0 radical (unpaired) electrons. The van der Waals surface area contributed by atoms with E-state index < -0.39 is 0 Å². The van der Waals surface area contributed by atoms with E-state index in [1.807, 2.05) is 0 Å². The molecule has 0 spiro atoms. The molecule has 1 saturated carbocycles. The third-order valence-electron chi connectivity index (χ3n) is 4.20. The number of hydrogen-bond acceptors (Lipinski definition) is 3. The molecule has 1 aliphatic carbocycles. The van der Waals surface area contributed by atoms with E-state index in [0.29, 0.717) is 12.5 Å². The zero-order chi connectivity index (χ0) is 12.3. The predicted octanol–water partition coefficient (Wildman–Crippen LogP) is 0.858. The number of nitrogens with zero attached hydrogens (tertiary/aromatic N) is 1. The van der Waals surface area contributed by atoms with Crippen LogP contribution in [-0.2, 0) is 4.79 Å². The van der Waals surface area contributed by atoms with Gasteiger partial charge in [0.2, 0.25) is 5.91 Å². The van der Waals surface area contributed by atoms with Crippen LogP contribution in [0.1, 0.15) is 44.9 Å². The van der Waals surface area contributed by atoms with Gasteiger partial charge in [0.1, 0.15) is 0 Å². The largest absolute Gasteiger partial charge is 0.353 e. The lowest BCUT2D eigenvalue weighted by Crippen LogP contribution is -2.47. The minimum atomic E-state index is -0.213. The molecule has 4 nitrogen and oxygen atoms in total. The van der Waals surface area contributed by atoms with Crippen LogP contribution in [-0.4, -0.2) is 42.5 Å². The second-order valence-corrected chi connectivity index (χ2v) is 5.89. The van der Waals surface area contributed by atoms with Gasteiger partial charge in [0.25, 0.3) is 0 Å². The van der Waals surface area contributed by atoms with Crippen LogP contribution in [0.3, 0.4) is 0 Å². The van der Waals surface area contributed by atoms with E-state index in [9.17, 15) is 4.79 Å². The van der Waals surface area contributed by atoms with Crippen LogP contribution < -0.4 is 11.1 Å². The molecule has 2 aliphatic rings. The van der Waals surface area contributed by atoms with Crippen molar-refractivity contribution in [2.24, 2.45) is 5.73 Å². The molecule has 1 aliphatic heterocycles. The summed E-state index contributed by atoms with van der Waals surface area (Å²) in [5.41, 5.74) is 6.01. The number of nitrogens with two attached hydrogens (primary N) is 1. The first-order valence-electron chi connectivity index (χ1n) is 6.84. The van der Waals surface area contributed by atoms with Crippen LogP contribution in [0.4, 0.5) is 0 Å². The van der Waals surface area contributed by atoms with Crippen molar-refractivity contribution < 1.29 is 4.79 Å². The second kappa shape index (κ2) is 5.36. The maximum absolute atomic E-state index is 11.9. The Balaban J connectivity index is 1.73. The Labute approximate surface area is 104 Å². The summed E-state index contributed by atoms with van der Waals surface area (Å²) in [7, 11) is 2.13. The van der Waals surface area contributed by atoms with Gasteiger partial charge in [-0.05, 0) is 45.8 Å². The average molecular weight is 239 g/mol. The molecule has 4 heteroatoms. The van der Waals surface area contributed by atoms with Gasteiger partial charge in [0.15, 0.2) is 0 Å². The molecule has 0 aromatic carbocycles. The number of hydrogen-bond donors (Lipinski definition) is 2. The standard InChI is InChI=1S/C13H25N3O/c1-16-8-4-11(5-9-16)15-12(17)10-13(14)6-2-3-7-13/h11H,2-10,14H2,1H3,(H,15,17). The van der Waals surface area contributed by atoms with Gasteiger partial charge in [-0.3, -0.25) is 4.79 Å². The van der Waals surface area contributed by atoms with E-state index >= 15 is 0 Å².